The van der Waals surface area contributed by atoms with E-state index in [-0.39, 0.29) is 16.9 Å². The van der Waals surface area contributed by atoms with E-state index in [9.17, 15) is 10.2 Å². The zero-order valence-electron chi connectivity index (χ0n) is 19.2. The second kappa shape index (κ2) is 7.67. The van der Waals surface area contributed by atoms with Crippen LogP contribution in [0, 0.1) is 5.41 Å². The molecule has 0 aliphatic heterocycles. The summed E-state index contributed by atoms with van der Waals surface area (Å²) in [6.45, 7) is 6.80. The second-order valence-corrected chi connectivity index (χ2v) is 9.72. The van der Waals surface area contributed by atoms with Gasteiger partial charge >= 0.3 is 0 Å². The van der Waals surface area contributed by atoms with Crippen molar-refractivity contribution in [1.29, 1.82) is 0 Å². The highest BCUT2D eigenvalue weighted by Gasteiger charge is 2.48. The maximum absolute atomic E-state index is 10.7. The molecule has 0 radical (unpaired) electrons. The number of fused-ring (bicyclic) bond motifs is 2. The molecule has 0 bridgehead atoms. The Kier molecular flexibility index (Phi) is 4.90. The topological polar surface area (TPSA) is 40.5 Å². The van der Waals surface area contributed by atoms with Gasteiger partial charge in [0.05, 0.1) is 5.41 Å². The first-order valence-electron chi connectivity index (χ1n) is 11.3. The molecule has 164 valence electrons. The van der Waals surface area contributed by atoms with Gasteiger partial charge in [0.15, 0.2) is 0 Å². The van der Waals surface area contributed by atoms with Crippen molar-refractivity contribution in [2.75, 3.05) is 0 Å². The molecule has 0 amide bonds. The van der Waals surface area contributed by atoms with Gasteiger partial charge in [-0.25, -0.2) is 0 Å². The summed E-state index contributed by atoms with van der Waals surface area (Å²) in [5, 5.41) is 25.1. The summed E-state index contributed by atoms with van der Waals surface area (Å²) in [4.78, 5) is 0. The second-order valence-electron chi connectivity index (χ2n) is 9.72. The smallest absolute Gasteiger partial charge is 0.123 e. The summed E-state index contributed by atoms with van der Waals surface area (Å²) in [5.41, 5.74) is 2.61. The minimum atomic E-state index is -0.561. The lowest BCUT2D eigenvalue weighted by atomic mass is 9.54. The van der Waals surface area contributed by atoms with Crippen LogP contribution in [-0.2, 0) is 5.41 Å². The average molecular weight is 433 g/mol. The van der Waals surface area contributed by atoms with Crippen molar-refractivity contribution >= 4 is 21.5 Å². The molecule has 0 atom stereocenters. The highest BCUT2D eigenvalue weighted by atomic mass is 16.3. The Labute approximate surface area is 194 Å². The molecule has 0 aliphatic rings. The van der Waals surface area contributed by atoms with Crippen molar-refractivity contribution < 1.29 is 10.2 Å². The average Bonchev–Trinajstić information content (AvgIpc) is 2.82. The van der Waals surface area contributed by atoms with Gasteiger partial charge in [0, 0.05) is 10.8 Å². The normalized spacial score (nSPS) is 12.3. The molecule has 0 fully saturated rings. The largest absolute Gasteiger partial charge is 0.507 e. The Bertz CT molecular complexity index is 1370. The lowest BCUT2D eigenvalue weighted by molar-refractivity contribution is 0.275. The molecule has 2 N–H and O–H groups in total. The number of rotatable bonds is 3. The third-order valence-corrected chi connectivity index (χ3v) is 6.94. The number of phenols is 2. The SMILES string of the molecule is CC(C)(C)C(c1ccccc1)(c1ccc(O)c2ccccc12)c1ccc(O)c2ccccc12. The quantitative estimate of drug-likeness (QED) is 0.286. The van der Waals surface area contributed by atoms with Gasteiger partial charge in [-0.3, -0.25) is 0 Å². The Morgan fingerprint density at radius 3 is 1.27 bits per heavy atom. The third kappa shape index (κ3) is 3.09. The lowest BCUT2D eigenvalue weighted by Gasteiger charge is -2.48. The lowest BCUT2D eigenvalue weighted by Crippen LogP contribution is -2.42. The first-order chi connectivity index (χ1) is 15.9. The molecular weight excluding hydrogens is 404 g/mol. The predicted molar refractivity (Wildman–Crippen MR) is 137 cm³/mol. The fourth-order valence-electron chi connectivity index (χ4n) is 5.61. The van der Waals surface area contributed by atoms with E-state index in [1.54, 1.807) is 0 Å². The number of hydrogen-bond donors (Lipinski definition) is 2. The van der Waals surface area contributed by atoms with E-state index in [0.29, 0.717) is 0 Å². The highest BCUT2D eigenvalue weighted by Crippen LogP contribution is 2.55. The predicted octanol–water partition coefficient (Wildman–Crippen LogP) is 7.78. The molecule has 0 aromatic heterocycles. The highest BCUT2D eigenvalue weighted by molar-refractivity contribution is 5.96. The van der Waals surface area contributed by atoms with E-state index in [0.717, 1.165) is 32.7 Å². The summed E-state index contributed by atoms with van der Waals surface area (Å²) in [6.07, 6.45) is 0. The molecule has 5 aromatic carbocycles. The molecule has 5 rings (SSSR count). The van der Waals surface area contributed by atoms with Gasteiger partial charge in [-0.1, -0.05) is 112 Å². The Morgan fingerprint density at radius 1 is 0.455 bits per heavy atom. The summed E-state index contributed by atoms with van der Waals surface area (Å²) < 4.78 is 0. The third-order valence-electron chi connectivity index (χ3n) is 6.94. The minimum Gasteiger partial charge on any atom is -0.507 e. The van der Waals surface area contributed by atoms with Crippen molar-refractivity contribution in [3.8, 4) is 11.5 Å². The van der Waals surface area contributed by atoms with Gasteiger partial charge in [-0.15, -0.1) is 0 Å². The summed E-state index contributed by atoms with van der Waals surface area (Å²) in [6, 6.07) is 34.5. The Balaban J connectivity index is 2.05. The van der Waals surface area contributed by atoms with Gasteiger partial charge in [-0.2, -0.15) is 0 Å². The van der Waals surface area contributed by atoms with Crippen LogP contribution in [-0.4, -0.2) is 10.2 Å². The van der Waals surface area contributed by atoms with Gasteiger partial charge in [-0.05, 0) is 45.0 Å². The molecule has 0 saturated heterocycles. The van der Waals surface area contributed by atoms with Gasteiger partial charge in [0.25, 0.3) is 0 Å². The van der Waals surface area contributed by atoms with Crippen LogP contribution in [0.5, 0.6) is 11.5 Å². The van der Waals surface area contributed by atoms with Crippen LogP contribution < -0.4 is 0 Å². The van der Waals surface area contributed by atoms with Crippen molar-refractivity contribution in [3.63, 3.8) is 0 Å². The maximum Gasteiger partial charge on any atom is 0.123 e. The number of aromatic hydroxyl groups is 2. The molecule has 0 aliphatic carbocycles. The Morgan fingerprint density at radius 2 is 0.848 bits per heavy atom. The van der Waals surface area contributed by atoms with Gasteiger partial charge < -0.3 is 10.2 Å². The van der Waals surface area contributed by atoms with E-state index >= 15 is 0 Å². The van der Waals surface area contributed by atoms with Crippen LogP contribution in [0.2, 0.25) is 0 Å². The van der Waals surface area contributed by atoms with E-state index in [2.05, 4.69) is 69.3 Å². The monoisotopic (exact) mass is 432 g/mol. The summed E-state index contributed by atoms with van der Waals surface area (Å²) >= 11 is 0. The molecule has 0 unspecified atom stereocenters. The molecule has 2 heteroatoms. The molecule has 0 heterocycles. The molecule has 2 nitrogen and oxygen atoms in total. The fourth-order valence-corrected chi connectivity index (χ4v) is 5.61. The van der Waals surface area contributed by atoms with E-state index < -0.39 is 5.41 Å². The van der Waals surface area contributed by atoms with Crippen molar-refractivity contribution in [2.45, 2.75) is 26.2 Å². The van der Waals surface area contributed by atoms with Crippen LogP contribution in [0.4, 0.5) is 0 Å². The van der Waals surface area contributed by atoms with Crippen LogP contribution in [0.15, 0.2) is 103 Å². The molecule has 0 spiro atoms. The number of benzene rings is 5. The molecule has 5 aromatic rings. The zero-order chi connectivity index (χ0) is 23.2. The van der Waals surface area contributed by atoms with Crippen molar-refractivity contribution in [3.05, 3.63) is 120 Å². The van der Waals surface area contributed by atoms with Crippen LogP contribution >= 0.6 is 0 Å². The first-order valence-corrected chi connectivity index (χ1v) is 11.3. The number of hydrogen-bond acceptors (Lipinski definition) is 2. The first kappa shape index (κ1) is 21.1. The van der Waals surface area contributed by atoms with E-state index in [4.69, 9.17) is 0 Å². The fraction of sp³-hybridized carbons (Fsp3) is 0.161. The zero-order valence-corrected chi connectivity index (χ0v) is 19.2. The van der Waals surface area contributed by atoms with Gasteiger partial charge in [0.2, 0.25) is 0 Å². The van der Waals surface area contributed by atoms with Crippen LogP contribution in [0.1, 0.15) is 37.5 Å². The molecular formula is C31H28O2. The summed E-state index contributed by atoms with van der Waals surface area (Å²) in [5.74, 6) is 0.557. The molecule has 33 heavy (non-hydrogen) atoms. The van der Waals surface area contributed by atoms with Crippen molar-refractivity contribution in [2.24, 2.45) is 5.41 Å². The van der Waals surface area contributed by atoms with Crippen LogP contribution in [0.25, 0.3) is 21.5 Å². The van der Waals surface area contributed by atoms with E-state index in [1.807, 2.05) is 54.6 Å². The van der Waals surface area contributed by atoms with Crippen molar-refractivity contribution in [1.82, 2.24) is 0 Å². The summed E-state index contributed by atoms with van der Waals surface area (Å²) in [7, 11) is 0. The van der Waals surface area contributed by atoms with Crippen LogP contribution in [0.3, 0.4) is 0 Å². The maximum atomic E-state index is 10.7. The molecule has 0 saturated carbocycles. The Hall–Kier alpha value is -3.78. The minimum absolute atomic E-state index is 0.256. The van der Waals surface area contributed by atoms with Gasteiger partial charge in [0.1, 0.15) is 11.5 Å². The number of phenolic OH excluding ortho intramolecular Hbond substituents is 2. The van der Waals surface area contributed by atoms with E-state index in [1.165, 1.54) is 5.56 Å². The standard InChI is InChI=1S/C31H28O2/c1-30(2,3)31(21-11-5-4-6-12-21,26-17-19-28(32)24-15-9-7-13-22(24)26)27-18-20-29(33)25-16-10-8-14-23(25)27/h4-20,32-33H,1-3H3.